The molecule has 1 aromatic heterocycles. The largest absolute Gasteiger partial charge is 0.478 e. The van der Waals surface area contributed by atoms with E-state index < -0.39 is 12.0 Å². The summed E-state index contributed by atoms with van der Waals surface area (Å²) in [7, 11) is 0. The number of hydrogen-bond acceptors (Lipinski definition) is 2. The fourth-order valence-corrected chi connectivity index (χ4v) is 0.929. The lowest BCUT2D eigenvalue weighted by Gasteiger charge is -2.03. The van der Waals surface area contributed by atoms with Gasteiger partial charge in [0.15, 0.2) is 0 Å². The number of nitrogens with zero attached hydrogens (tertiary/aromatic N) is 1. The summed E-state index contributed by atoms with van der Waals surface area (Å²) >= 11 is 0. The Balaban J connectivity index is 2.96. The van der Waals surface area contributed by atoms with E-state index in [9.17, 15) is 9.59 Å². The number of carbonyl (C=O) groups excluding carboxylic acids is 1. The van der Waals surface area contributed by atoms with Crippen LogP contribution in [0.3, 0.4) is 0 Å². The molecule has 1 aromatic rings. The van der Waals surface area contributed by atoms with Crippen LogP contribution >= 0.6 is 0 Å². The number of aryl methyl sites for hydroxylation is 1. The van der Waals surface area contributed by atoms with Crippen LogP contribution in [0.1, 0.15) is 16.1 Å². The zero-order valence-electron chi connectivity index (χ0n) is 6.94. The Hall–Kier alpha value is -1.98. The first-order valence-corrected chi connectivity index (χ1v) is 3.49. The number of rotatable bonds is 2. The Labute approximate surface area is 73.9 Å². The SMILES string of the molecule is Cc1cc(C(=O)O)cn1NC(N)=O. The van der Waals surface area contributed by atoms with Crippen LogP contribution in [-0.2, 0) is 0 Å². The maximum absolute atomic E-state index is 10.5. The van der Waals surface area contributed by atoms with Gasteiger partial charge in [0.1, 0.15) is 0 Å². The molecule has 1 heterocycles. The van der Waals surface area contributed by atoms with E-state index in [-0.39, 0.29) is 5.56 Å². The van der Waals surface area contributed by atoms with Crippen LogP contribution in [0.4, 0.5) is 4.79 Å². The molecule has 0 atom stereocenters. The number of nitrogens with two attached hydrogens (primary N) is 1. The van der Waals surface area contributed by atoms with E-state index in [0.717, 1.165) is 0 Å². The predicted molar refractivity (Wildman–Crippen MR) is 45.1 cm³/mol. The first-order valence-electron chi connectivity index (χ1n) is 3.49. The van der Waals surface area contributed by atoms with Gasteiger partial charge in [0, 0.05) is 11.9 Å². The highest BCUT2D eigenvalue weighted by atomic mass is 16.4. The molecule has 0 spiro atoms. The lowest BCUT2D eigenvalue weighted by molar-refractivity contribution is 0.0697. The summed E-state index contributed by atoms with van der Waals surface area (Å²) in [6.07, 6.45) is 1.28. The fourth-order valence-electron chi connectivity index (χ4n) is 0.929. The molecule has 0 radical (unpaired) electrons. The van der Waals surface area contributed by atoms with E-state index >= 15 is 0 Å². The average Bonchev–Trinajstić information content (AvgIpc) is 2.31. The summed E-state index contributed by atoms with van der Waals surface area (Å²) in [4.78, 5) is 20.9. The lowest BCUT2D eigenvalue weighted by atomic mass is 10.3. The van der Waals surface area contributed by atoms with Gasteiger partial charge in [0.2, 0.25) is 0 Å². The topological polar surface area (TPSA) is 97.3 Å². The van der Waals surface area contributed by atoms with Crippen molar-refractivity contribution < 1.29 is 14.7 Å². The molecule has 0 saturated heterocycles. The molecule has 0 fully saturated rings. The fraction of sp³-hybridized carbons (Fsp3) is 0.143. The van der Waals surface area contributed by atoms with Gasteiger partial charge in [-0.25, -0.2) is 15.0 Å². The van der Waals surface area contributed by atoms with Gasteiger partial charge in [-0.1, -0.05) is 0 Å². The molecule has 0 saturated carbocycles. The van der Waals surface area contributed by atoms with Gasteiger partial charge in [0.25, 0.3) is 0 Å². The number of amides is 2. The molecular weight excluding hydrogens is 174 g/mol. The molecule has 6 nitrogen and oxygen atoms in total. The van der Waals surface area contributed by atoms with Crippen molar-refractivity contribution in [1.29, 1.82) is 0 Å². The zero-order chi connectivity index (χ0) is 10.0. The van der Waals surface area contributed by atoms with Crippen molar-refractivity contribution in [3.63, 3.8) is 0 Å². The quantitative estimate of drug-likeness (QED) is 0.607. The van der Waals surface area contributed by atoms with Crippen LogP contribution in [0.2, 0.25) is 0 Å². The predicted octanol–water partition coefficient (Wildman–Crippen LogP) is 0.117. The zero-order valence-corrected chi connectivity index (χ0v) is 6.94. The minimum Gasteiger partial charge on any atom is -0.478 e. The van der Waals surface area contributed by atoms with Crippen molar-refractivity contribution >= 4 is 12.0 Å². The van der Waals surface area contributed by atoms with E-state index in [1.807, 2.05) is 0 Å². The number of carboxylic acids is 1. The van der Waals surface area contributed by atoms with E-state index in [1.165, 1.54) is 16.9 Å². The van der Waals surface area contributed by atoms with Crippen LogP contribution in [0.15, 0.2) is 12.3 Å². The van der Waals surface area contributed by atoms with Crippen molar-refractivity contribution in [2.24, 2.45) is 5.73 Å². The van der Waals surface area contributed by atoms with E-state index in [0.29, 0.717) is 5.69 Å². The molecule has 0 aliphatic heterocycles. The molecule has 2 amide bonds. The molecule has 70 valence electrons. The Kier molecular flexibility index (Phi) is 2.23. The Morgan fingerprint density at radius 2 is 2.23 bits per heavy atom. The first kappa shape index (κ1) is 9.11. The smallest absolute Gasteiger partial charge is 0.337 e. The number of hydrogen-bond donors (Lipinski definition) is 3. The Morgan fingerprint density at radius 3 is 2.62 bits per heavy atom. The third-order valence-electron chi connectivity index (χ3n) is 1.49. The van der Waals surface area contributed by atoms with Crippen molar-refractivity contribution in [3.8, 4) is 0 Å². The molecule has 0 aromatic carbocycles. The van der Waals surface area contributed by atoms with E-state index in [1.54, 1.807) is 6.92 Å². The summed E-state index contributed by atoms with van der Waals surface area (Å²) in [5, 5.41) is 8.60. The van der Waals surface area contributed by atoms with E-state index in [2.05, 4.69) is 5.43 Å². The third-order valence-corrected chi connectivity index (χ3v) is 1.49. The molecule has 0 aliphatic carbocycles. The molecule has 0 bridgehead atoms. The average molecular weight is 183 g/mol. The minimum atomic E-state index is -1.05. The van der Waals surface area contributed by atoms with Gasteiger partial charge >= 0.3 is 12.0 Å². The van der Waals surface area contributed by atoms with E-state index in [4.69, 9.17) is 10.8 Å². The second kappa shape index (κ2) is 3.18. The monoisotopic (exact) mass is 183 g/mol. The summed E-state index contributed by atoms with van der Waals surface area (Å²) in [6, 6.07) is 0.689. The summed E-state index contributed by atoms with van der Waals surface area (Å²) < 4.78 is 1.26. The maximum atomic E-state index is 10.5. The van der Waals surface area contributed by atoms with Gasteiger partial charge in [-0.3, -0.25) is 4.68 Å². The van der Waals surface area contributed by atoms with Crippen LogP contribution in [0.25, 0.3) is 0 Å². The van der Waals surface area contributed by atoms with Gasteiger partial charge < -0.3 is 10.8 Å². The summed E-state index contributed by atoms with van der Waals surface area (Å²) in [6.45, 7) is 1.66. The number of nitrogens with one attached hydrogen (secondary N) is 1. The molecule has 0 aliphatic rings. The highest BCUT2D eigenvalue weighted by Crippen LogP contribution is 2.05. The normalized spacial score (nSPS) is 9.62. The number of aromatic nitrogens is 1. The highest BCUT2D eigenvalue weighted by molar-refractivity contribution is 5.88. The molecular formula is C7H9N3O3. The van der Waals surface area contributed by atoms with Crippen molar-refractivity contribution in [3.05, 3.63) is 23.5 Å². The van der Waals surface area contributed by atoms with Gasteiger partial charge in [-0.2, -0.15) is 0 Å². The van der Waals surface area contributed by atoms with Crippen molar-refractivity contribution in [1.82, 2.24) is 4.68 Å². The molecule has 6 heteroatoms. The lowest BCUT2D eigenvalue weighted by Crippen LogP contribution is -2.28. The van der Waals surface area contributed by atoms with Crippen LogP contribution in [0, 0.1) is 6.92 Å². The summed E-state index contributed by atoms with van der Waals surface area (Å²) in [5.74, 6) is -1.05. The van der Waals surface area contributed by atoms with Crippen LogP contribution in [-0.4, -0.2) is 21.8 Å². The Morgan fingerprint density at radius 1 is 1.62 bits per heavy atom. The standard InChI is InChI=1S/C7H9N3O3/c1-4-2-5(6(11)12)3-10(4)9-7(8)13/h2-3H,1H3,(H,11,12)(H3,8,9,13). The second-order valence-electron chi connectivity index (χ2n) is 2.52. The first-order chi connectivity index (χ1) is 6.00. The highest BCUT2D eigenvalue weighted by Gasteiger charge is 2.08. The molecule has 1 rings (SSSR count). The van der Waals surface area contributed by atoms with Gasteiger partial charge in [0.05, 0.1) is 5.56 Å². The molecule has 0 unspecified atom stereocenters. The molecule has 13 heavy (non-hydrogen) atoms. The van der Waals surface area contributed by atoms with Crippen LogP contribution < -0.4 is 11.2 Å². The number of primary amides is 1. The van der Waals surface area contributed by atoms with Gasteiger partial charge in [-0.05, 0) is 13.0 Å². The second-order valence-corrected chi connectivity index (χ2v) is 2.52. The molecule has 4 N–H and O–H groups in total. The van der Waals surface area contributed by atoms with Gasteiger partial charge in [-0.15, -0.1) is 0 Å². The third kappa shape index (κ3) is 1.98. The number of urea groups is 1. The van der Waals surface area contributed by atoms with Crippen LogP contribution in [0.5, 0.6) is 0 Å². The van der Waals surface area contributed by atoms with Crippen molar-refractivity contribution in [2.45, 2.75) is 6.92 Å². The number of carboxylic acid groups (broad SMARTS) is 1. The minimum absolute atomic E-state index is 0.103. The van der Waals surface area contributed by atoms with Crippen molar-refractivity contribution in [2.75, 3.05) is 5.43 Å². The maximum Gasteiger partial charge on any atom is 0.337 e. The number of carbonyl (C=O) groups is 2. The Bertz CT molecular complexity index is 356. The summed E-state index contributed by atoms with van der Waals surface area (Å²) in [5.41, 5.74) is 7.80. The number of aromatic carboxylic acids is 1.